The summed E-state index contributed by atoms with van der Waals surface area (Å²) in [6, 6.07) is 13.0. The van der Waals surface area contributed by atoms with Crippen LogP contribution in [0, 0.1) is 0 Å². The normalized spacial score (nSPS) is 13.9. The molecule has 8 nitrogen and oxygen atoms in total. The number of piperazine rings is 1. The van der Waals surface area contributed by atoms with E-state index in [-0.39, 0.29) is 11.9 Å². The van der Waals surface area contributed by atoms with Crippen molar-refractivity contribution in [3.63, 3.8) is 0 Å². The molecule has 0 aliphatic carbocycles. The Labute approximate surface area is 168 Å². The van der Waals surface area contributed by atoms with E-state index in [1.807, 2.05) is 41.2 Å². The molecule has 0 radical (unpaired) electrons. The average molecular weight is 390 g/mol. The van der Waals surface area contributed by atoms with Gasteiger partial charge in [0.25, 0.3) is 5.91 Å². The summed E-state index contributed by atoms with van der Waals surface area (Å²) in [6.07, 6.45) is 6.87. The molecule has 1 N–H and O–H groups in total. The molecule has 0 unspecified atom stereocenters. The number of anilines is 1. The molecule has 29 heavy (non-hydrogen) atoms. The van der Waals surface area contributed by atoms with Crippen LogP contribution in [0.1, 0.15) is 15.9 Å². The molecule has 2 aromatic heterocycles. The first kappa shape index (κ1) is 18.7. The predicted molar refractivity (Wildman–Crippen MR) is 109 cm³/mol. The highest BCUT2D eigenvalue weighted by Crippen LogP contribution is 2.13. The van der Waals surface area contributed by atoms with Crippen LogP contribution in [0.4, 0.5) is 10.5 Å². The van der Waals surface area contributed by atoms with Gasteiger partial charge >= 0.3 is 6.03 Å². The van der Waals surface area contributed by atoms with Crippen molar-refractivity contribution < 1.29 is 9.59 Å². The lowest BCUT2D eigenvalue weighted by Gasteiger charge is -2.34. The lowest BCUT2D eigenvalue weighted by molar-refractivity contribution is 0.0671. The minimum atomic E-state index is -0.154. The molecule has 1 aliphatic rings. The first-order valence-electron chi connectivity index (χ1n) is 9.51. The number of hydrogen-bond donors (Lipinski definition) is 1. The van der Waals surface area contributed by atoms with Crippen LogP contribution in [0.15, 0.2) is 67.3 Å². The van der Waals surface area contributed by atoms with Crippen LogP contribution in [0.25, 0.3) is 0 Å². The monoisotopic (exact) mass is 390 g/mol. The number of carbonyl (C=O) groups is 2. The molecule has 3 heterocycles. The lowest BCUT2D eigenvalue weighted by Crippen LogP contribution is -2.51. The van der Waals surface area contributed by atoms with Crippen molar-refractivity contribution in [2.24, 2.45) is 0 Å². The maximum Gasteiger partial charge on any atom is 0.321 e. The number of pyridine rings is 1. The minimum Gasteiger partial charge on any atom is -0.335 e. The van der Waals surface area contributed by atoms with Crippen molar-refractivity contribution in [1.29, 1.82) is 0 Å². The Hall–Kier alpha value is -3.68. The van der Waals surface area contributed by atoms with E-state index >= 15 is 0 Å². The number of rotatable bonds is 4. The van der Waals surface area contributed by atoms with E-state index in [2.05, 4.69) is 15.4 Å². The fraction of sp³-hybridized carbons (Fsp3) is 0.238. The fourth-order valence-corrected chi connectivity index (χ4v) is 3.26. The summed E-state index contributed by atoms with van der Waals surface area (Å²) in [7, 11) is 0. The van der Waals surface area contributed by atoms with Gasteiger partial charge in [-0.3, -0.25) is 14.5 Å². The smallest absolute Gasteiger partial charge is 0.321 e. The van der Waals surface area contributed by atoms with Crippen LogP contribution in [0.3, 0.4) is 0 Å². The molecule has 0 atom stereocenters. The third kappa shape index (κ3) is 4.60. The van der Waals surface area contributed by atoms with E-state index < -0.39 is 0 Å². The third-order valence-electron chi connectivity index (χ3n) is 4.87. The third-order valence-corrected chi connectivity index (χ3v) is 4.87. The van der Waals surface area contributed by atoms with Gasteiger partial charge in [0.2, 0.25) is 0 Å². The number of amides is 3. The van der Waals surface area contributed by atoms with Crippen LogP contribution < -0.4 is 5.32 Å². The lowest BCUT2D eigenvalue weighted by atomic mass is 10.2. The predicted octanol–water partition coefficient (Wildman–Crippen LogP) is 2.32. The summed E-state index contributed by atoms with van der Waals surface area (Å²) in [5, 5.41) is 7.11. The number of benzene rings is 1. The van der Waals surface area contributed by atoms with Gasteiger partial charge in [-0.15, -0.1) is 0 Å². The molecule has 8 heteroatoms. The highest BCUT2D eigenvalue weighted by molar-refractivity contribution is 5.94. The Morgan fingerprint density at radius 1 is 0.931 bits per heavy atom. The van der Waals surface area contributed by atoms with Crippen LogP contribution in [-0.4, -0.2) is 62.7 Å². The maximum atomic E-state index is 12.5. The zero-order valence-electron chi connectivity index (χ0n) is 15.9. The number of aromatic nitrogens is 3. The van der Waals surface area contributed by atoms with E-state index in [1.54, 1.807) is 40.5 Å². The summed E-state index contributed by atoms with van der Waals surface area (Å²) in [4.78, 5) is 32.5. The zero-order valence-corrected chi connectivity index (χ0v) is 15.9. The second-order valence-corrected chi connectivity index (χ2v) is 6.85. The standard InChI is InChI=1S/C21H22N6O2/c28-20(18-3-1-8-22-15-18)25-11-13-26(14-12-25)21(29)24-19-6-4-17(5-7-19)16-27-10-2-9-23-27/h1-10,15H,11-14,16H2,(H,24,29). The van der Waals surface area contributed by atoms with Crippen LogP contribution in [0.5, 0.6) is 0 Å². The number of urea groups is 1. The molecular formula is C21H22N6O2. The Bertz CT molecular complexity index is 949. The van der Waals surface area contributed by atoms with Gasteiger partial charge in [-0.1, -0.05) is 12.1 Å². The summed E-state index contributed by atoms with van der Waals surface area (Å²) in [6.45, 7) is 2.69. The summed E-state index contributed by atoms with van der Waals surface area (Å²) in [5.41, 5.74) is 2.42. The number of carbonyl (C=O) groups excluding carboxylic acids is 2. The fourth-order valence-electron chi connectivity index (χ4n) is 3.26. The molecule has 148 valence electrons. The minimum absolute atomic E-state index is 0.0501. The number of nitrogens with zero attached hydrogens (tertiary/aromatic N) is 5. The Kier molecular flexibility index (Phi) is 5.51. The van der Waals surface area contributed by atoms with E-state index in [0.29, 0.717) is 38.3 Å². The second-order valence-electron chi connectivity index (χ2n) is 6.85. The quantitative estimate of drug-likeness (QED) is 0.741. The van der Waals surface area contributed by atoms with Crippen LogP contribution >= 0.6 is 0 Å². The molecule has 1 aliphatic heterocycles. The number of hydrogen-bond acceptors (Lipinski definition) is 4. The van der Waals surface area contributed by atoms with Crippen LogP contribution in [0.2, 0.25) is 0 Å². The molecule has 1 fully saturated rings. The van der Waals surface area contributed by atoms with Gasteiger partial charge in [-0.2, -0.15) is 5.10 Å². The molecule has 1 saturated heterocycles. The molecule has 0 spiro atoms. The molecule has 3 aromatic rings. The molecule has 0 bridgehead atoms. The first-order chi connectivity index (χ1) is 14.2. The van der Waals surface area contributed by atoms with Crippen molar-refractivity contribution in [1.82, 2.24) is 24.6 Å². The van der Waals surface area contributed by atoms with Crippen molar-refractivity contribution in [3.05, 3.63) is 78.4 Å². The van der Waals surface area contributed by atoms with Crippen molar-refractivity contribution >= 4 is 17.6 Å². The largest absolute Gasteiger partial charge is 0.335 e. The van der Waals surface area contributed by atoms with Gasteiger partial charge in [0.1, 0.15) is 0 Å². The van der Waals surface area contributed by atoms with Crippen molar-refractivity contribution in [2.45, 2.75) is 6.54 Å². The maximum absolute atomic E-state index is 12.5. The average Bonchev–Trinajstić information content (AvgIpc) is 3.28. The van der Waals surface area contributed by atoms with Crippen molar-refractivity contribution in [3.8, 4) is 0 Å². The van der Waals surface area contributed by atoms with E-state index in [4.69, 9.17) is 0 Å². The van der Waals surface area contributed by atoms with E-state index in [1.165, 1.54) is 0 Å². The molecule has 1 aromatic carbocycles. The van der Waals surface area contributed by atoms with Gasteiger partial charge in [0.15, 0.2) is 0 Å². The molecular weight excluding hydrogens is 368 g/mol. The van der Waals surface area contributed by atoms with Crippen molar-refractivity contribution in [2.75, 3.05) is 31.5 Å². The Balaban J connectivity index is 1.28. The van der Waals surface area contributed by atoms with E-state index in [9.17, 15) is 9.59 Å². The highest BCUT2D eigenvalue weighted by atomic mass is 16.2. The van der Waals surface area contributed by atoms with E-state index in [0.717, 1.165) is 11.3 Å². The van der Waals surface area contributed by atoms with Gasteiger partial charge < -0.3 is 15.1 Å². The van der Waals surface area contributed by atoms with Crippen LogP contribution in [-0.2, 0) is 6.54 Å². The van der Waals surface area contributed by atoms with Gasteiger partial charge in [0.05, 0.1) is 12.1 Å². The van der Waals surface area contributed by atoms with Gasteiger partial charge in [-0.25, -0.2) is 4.79 Å². The number of nitrogens with one attached hydrogen (secondary N) is 1. The molecule has 3 amide bonds. The molecule has 0 saturated carbocycles. The van der Waals surface area contributed by atoms with Gasteiger partial charge in [0, 0.05) is 56.7 Å². The Morgan fingerprint density at radius 3 is 2.34 bits per heavy atom. The van der Waals surface area contributed by atoms with Gasteiger partial charge in [-0.05, 0) is 35.9 Å². The SMILES string of the molecule is O=C(Nc1ccc(Cn2cccn2)cc1)N1CCN(C(=O)c2cccnc2)CC1. The zero-order chi connectivity index (χ0) is 20.1. The highest BCUT2D eigenvalue weighted by Gasteiger charge is 2.25. The molecule has 4 rings (SSSR count). The summed E-state index contributed by atoms with van der Waals surface area (Å²) in [5.74, 6) is -0.0501. The first-order valence-corrected chi connectivity index (χ1v) is 9.51. The summed E-state index contributed by atoms with van der Waals surface area (Å²) >= 11 is 0. The Morgan fingerprint density at radius 2 is 1.69 bits per heavy atom. The summed E-state index contributed by atoms with van der Waals surface area (Å²) < 4.78 is 1.85. The second kappa shape index (κ2) is 8.55. The topological polar surface area (TPSA) is 83.4 Å².